The monoisotopic (exact) mass is 292 g/mol. The molecule has 0 aliphatic carbocycles. The first-order valence-electron chi connectivity index (χ1n) is 6.92. The van der Waals surface area contributed by atoms with Gasteiger partial charge in [0.15, 0.2) is 0 Å². The molecular formula is C15H20N2O4. The Morgan fingerprint density at radius 1 is 1.38 bits per heavy atom. The minimum absolute atomic E-state index is 0.247. The molecule has 1 aromatic carbocycles. The quantitative estimate of drug-likeness (QED) is 0.760. The highest BCUT2D eigenvalue weighted by Crippen LogP contribution is 2.17. The lowest BCUT2D eigenvalue weighted by Crippen LogP contribution is -2.54. The van der Waals surface area contributed by atoms with Crippen molar-refractivity contribution < 1.29 is 19.4 Å². The number of urea groups is 1. The van der Waals surface area contributed by atoms with Crippen molar-refractivity contribution in [3.63, 3.8) is 0 Å². The lowest BCUT2D eigenvalue weighted by molar-refractivity contribution is -0.139. The van der Waals surface area contributed by atoms with Crippen molar-refractivity contribution in [1.82, 2.24) is 10.6 Å². The molecule has 2 atom stereocenters. The van der Waals surface area contributed by atoms with Crippen LogP contribution < -0.4 is 10.6 Å². The normalized spacial score (nSPS) is 22.5. The number of ether oxygens (including phenoxy) is 1. The summed E-state index contributed by atoms with van der Waals surface area (Å²) in [4.78, 5) is 23.3. The summed E-state index contributed by atoms with van der Waals surface area (Å²) in [5.74, 6) is -1.05. The zero-order chi connectivity index (χ0) is 15.3. The Hall–Kier alpha value is -2.08. The van der Waals surface area contributed by atoms with Crippen molar-refractivity contribution in [1.29, 1.82) is 0 Å². The number of carbonyl (C=O) groups excluding carboxylic acids is 1. The molecule has 0 saturated carbocycles. The van der Waals surface area contributed by atoms with Crippen molar-refractivity contribution in [3.05, 3.63) is 35.9 Å². The summed E-state index contributed by atoms with van der Waals surface area (Å²) in [6, 6.07) is 7.77. The van der Waals surface area contributed by atoms with Crippen LogP contribution in [0.25, 0.3) is 0 Å². The number of amides is 2. The van der Waals surface area contributed by atoms with Crippen molar-refractivity contribution in [2.45, 2.75) is 31.3 Å². The highest BCUT2D eigenvalue weighted by molar-refractivity contribution is 5.83. The molecule has 2 rings (SSSR count). The summed E-state index contributed by atoms with van der Waals surface area (Å²) in [5.41, 5.74) is 0.431. The molecule has 1 saturated heterocycles. The zero-order valence-electron chi connectivity index (χ0n) is 12.0. The lowest BCUT2D eigenvalue weighted by atomic mass is 10.0. The molecule has 0 radical (unpaired) electrons. The predicted molar refractivity (Wildman–Crippen MR) is 77.1 cm³/mol. The highest BCUT2D eigenvalue weighted by Gasteiger charge is 2.32. The molecule has 6 nitrogen and oxygen atoms in total. The van der Waals surface area contributed by atoms with Gasteiger partial charge in [-0.05, 0) is 18.9 Å². The molecule has 3 N–H and O–H groups in total. The van der Waals surface area contributed by atoms with E-state index in [0.717, 1.165) is 12.0 Å². The summed E-state index contributed by atoms with van der Waals surface area (Å²) < 4.78 is 5.25. The number of hydrogen-bond acceptors (Lipinski definition) is 3. The Labute approximate surface area is 123 Å². The largest absolute Gasteiger partial charge is 0.480 e. The van der Waals surface area contributed by atoms with Crippen molar-refractivity contribution in [3.8, 4) is 0 Å². The van der Waals surface area contributed by atoms with Crippen LogP contribution in [0.1, 0.15) is 18.9 Å². The molecule has 0 spiro atoms. The van der Waals surface area contributed by atoms with Gasteiger partial charge in [-0.25, -0.2) is 9.59 Å². The molecule has 1 unspecified atom stereocenters. The van der Waals surface area contributed by atoms with Crippen LogP contribution in [0.15, 0.2) is 30.3 Å². The van der Waals surface area contributed by atoms with Gasteiger partial charge in [0, 0.05) is 13.0 Å². The number of nitrogens with one attached hydrogen (secondary N) is 2. The molecule has 0 bridgehead atoms. The van der Waals surface area contributed by atoms with E-state index in [2.05, 4.69) is 10.6 Å². The first-order valence-corrected chi connectivity index (χ1v) is 6.92. The van der Waals surface area contributed by atoms with Gasteiger partial charge in [0.05, 0.1) is 12.1 Å². The van der Waals surface area contributed by atoms with Crippen LogP contribution >= 0.6 is 0 Å². The third kappa shape index (κ3) is 4.46. The minimum Gasteiger partial charge on any atom is -0.480 e. The maximum atomic E-state index is 12.0. The average molecular weight is 292 g/mol. The standard InChI is InChI=1S/C15H20N2O4/c1-15(7-8-21-10-15)17-14(20)16-12(13(18)19)9-11-5-3-2-4-6-11/h2-6,12H,7-10H2,1H3,(H,18,19)(H2,16,17,20)/t12-,15?/m0/s1. The van der Waals surface area contributed by atoms with E-state index in [1.807, 2.05) is 37.3 Å². The van der Waals surface area contributed by atoms with Gasteiger partial charge in [0.1, 0.15) is 6.04 Å². The Morgan fingerprint density at radius 3 is 2.67 bits per heavy atom. The number of aliphatic carboxylic acids is 1. The number of rotatable bonds is 5. The molecule has 6 heteroatoms. The maximum Gasteiger partial charge on any atom is 0.326 e. The van der Waals surface area contributed by atoms with Gasteiger partial charge in [0.2, 0.25) is 0 Å². The Morgan fingerprint density at radius 2 is 2.10 bits per heavy atom. The van der Waals surface area contributed by atoms with E-state index in [1.54, 1.807) is 0 Å². The molecular weight excluding hydrogens is 272 g/mol. The second-order valence-electron chi connectivity index (χ2n) is 5.54. The summed E-state index contributed by atoms with van der Waals surface area (Å²) in [6.07, 6.45) is 0.966. The van der Waals surface area contributed by atoms with E-state index in [1.165, 1.54) is 0 Å². The van der Waals surface area contributed by atoms with Crippen LogP contribution in [0.4, 0.5) is 4.79 Å². The Kier molecular flexibility index (Phi) is 4.80. The minimum atomic E-state index is -1.05. The zero-order valence-corrected chi connectivity index (χ0v) is 12.0. The summed E-state index contributed by atoms with van der Waals surface area (Å²) in [7, 11) is 0. The number of hydrogen-bond donors (Lipinski definition) is 3. The third-order valence-corrected chi connectivity index (χ3v) is 3.52. The van der Waals surface area contributed by atoms with Gasteiger partial charge in [0.25, 0.3) is 0 Å². The number of benzene rings is 1. The van der Waals surface area contributed by atoms with Gasteiger partial charge in [-0.3, -0.25) is 0 Å². The molecule has 114 valence electrons. The fraction of sp³-hybridized carbons (Fsp3) is 0.467. The van der Waals surface area contributed by atoms with E-state index in [-0.39, 0.29) is 6.42 Å². The third-order valence-electron chi connectivity index (χ3n) is 3.52. The van der Waals surface area contributed by atoms with Gasteiger partial charge in [-0.1, -0.05) is 30.3 Å². The first-order chi connectivity index (χ1) is 9.98. The lowest BCUT2D eigenvalue weighted by Gasteiger charge is -2.25. The van der Waals surface area contributed by atoms with E-state index < -0.39 is 23.6 Å². The molecule has 1 aromatic rings. The smallest absolute Gasteiger partial charge is 0.326 e. The Bertz CT molecular complexity index is 498. The van der Waals surface area contributed by atoms with Crippen LogP contribution in [0.5, 0.6) is 0 Å². The van der Waals surface area contributed by atoms with Crippen LogP contribution in [-0.2, 0) is 16.0 Å². The number of carboxylic acids is 1. The van der Waals surface area contributed by atoms with Crippen LogP contribution in [-0.4, -0.2) is 41.9 Å². The molecule has 2 amide bonds. The summed E-state index contributed by atoms with van der Waals surface area (Å²) in [5, 5.41) is 14.5. The second-order valence-corrected chi connectivity index (χ2v) is 5.54. The van der Waals surface area contributed by atoms with Crippen molar-refractivity contribution >= 4 is 12.0 Å². The predicted octanol–water partition coefficient (Wildman–Crippen LogP) is 1.16. The molecule has 1 aliphatic heterocycles. The van der Waals surface area contributed by atoms with Gasteiger partial charge < -0.3 is 20.5 Å². The highest BCUT2D eigenvalue weighted by atomic mass is 16.5. The topological polar surface area (TPSA) is 87.7 Å². The van der Waals surface area contributed by atoms with Crippen molar-refractivity contribution in [2.24, 2.45) is 0 Å². The van der Waals surface area contributed by atoms with Crippen molar-refractivity contribution in [2.75, 3.05) is 13.2 Å². The van der Waals surface area contributed by atoms with Crippen LogP contribution in [0.3, 0.4) is 0 Å². The molecule has 1 heterocycles. The fourth-order valence-electron chi connectivity index (χ4n) is 2.28. The SMILES string of the molecule is CC1(NC(=O)N[C@@H](Cc2ccccc2)C(=O)O)CCOC1. The maximum absolute atomic E-state index is 12.0. The van der Waals surface area contributed by atoms with Gasteiger partial charge in [-0.2, -0.15) is 0 Å². The van der Waals surface area contributed by atoms with Gasteiger partial charge in [-0.15, -0.1) is 0 Å². The summed E-state index contributed by atoms with van der Waals surface area (Å²) in [6.45, 7) is 2.92. The fourth-order valence-corrected chi connectivity index (χ4v) is 2.28. The van der Waals surface area contributed by atoms with E-state index in [9.17, 15) is 14.7 Å². The van der Waals surface area contributed by atoms with Gasteiger partial charge >= 0.3 is 12.0 Å². The molecule has 0 aromatic heterocycles. The second kappa shape index (κ2) is 6.58. The first kappa shape index (κ1) is 15.3. The van der Waals surface area contributed by atoms with Crippen LogP contribution in [0.2, 0.25) is 0 Å². The average Bonchev–Trinajstić information content (AvgIpc) is 2.85. The van der Waals surface area contributed by atoms with Crippen LogP contribution in [0, 0.1) is 0 Å². The van der Waals surface area contributed by atoms with E-state index >= 15 is 0 Å². The Balaban J connectivity index is 1.93. The molecule has 1 aliphatic rings. The number of carboxylic acid groups (broad SMARTS) is 1. The summed E-state index contributed by atoms with van der Waals surface area (Å²) >= 11 is 0. The van der Waals surface area contributed by atoms with E-state index in [0.29, 0.717) is 13.2 Å². The van der Waals surface area contributed by atoms with E-state index in [4.69, 9.17) is 4.74 Å². The molecule has 21 heavy (non-hydrogen) atoms. The number of carbonyl (C=O) groups is 2. The molecule has 1 fully saturated rings.